The number of amides is 1. The van der Waals surface area contributed by atoms with Crippen LogP contribution < -0.4 is 5.73 Å². The monoisotopic (exact) mass is 346 g/mol. The number of likely N-dealkylation sites (tertiary alicyclic amines) is 1. The zero-order chi connectivity index (χ0) is 13.1. The average molecular weight is 348 g/mol. The third-order valence-corrected chi connectivity index (χ3v) is 4.09. The van der Waals surface area contributed by atoms with E-state index in [1.165, 1.54) is 5.56 Å². The summed E-state index contributed by atoms with van der Waals surface area (Å²) in [5, 5.41) is 0. The van der Waals surface area contributed by atoms with E-state index in [0.717, 1.165) is 23.9 Å². The van der Waals surface area contributed by atoms with Crippen molar-refractivity contribution in [1.82, 2.24) is 4.90 Å². The van der Waals surface area contributed by atoms with E-state index in [0.29, 0.717) is 6.54 Å². The molecule has 1 fully saturated rings. The third-order valence-electron chi connectivity index (χ3n) is 3.57. The van der Waals surface area contributed by atoms with Gasteiger partial charge in [-0.1, -0.05) is 35.0 Å². The zero-order valence-corrected chi connectivity index (χ0v) is 13.4. The molecule has 2 atom stereocenters. The summed E-state index contributed by atoms with van der Waals surface area (Å²) in [6.45, 7) is 3.17. The minimum atomic E-state index is -0.0824. The first-order chi connectivity index (χ1) is 8.63. The third kappa shape index (κ3) is 3.71. The Hall–Kier alpha value is -0.580. The normalized spacial score (nSPS) is 19.9. The van der Waals surface area contributed by atoms with E-state index >= 15 is 0 Å². The molecule has 1 aromatic carbocycles. The zero-order valence-electron chi connectivity index (χ0n) is 11.0. The van der Waals surface area contributed by atoms with Crippen molar-refractivity contribution in [3.8, 4) is 0 Å². The van der Waals surface area contributed by atoms with Crippen molar-refractivity contribution >= 4 is 34.2 Å². The Bertz CT molecular complexity index is 424. The van der Waals surface area contributed by atoms with Crippen LogP contribution in [0.3, 0.4) is 0 Å². The van der Waals surface area contributed by atoms with Gasteiger partial charge in [0.2, 0.25) is 5.91 Å². The Labute approximate surface area is 129 Å². The molecule has 3 nitrogen and oxygen atoms in total. The number of nitrogens with two attached hydrogens (primary N) is 1. The number of benzene rings is 1. The number of halogens is 2. The van der Waals surface area contributed by atoms with Crippen molar-refractivity contribution in [3.63, 3.8) is 0 Å². The number of rotatable bonds is 3. The van der Waals surface area contributed by atoms with Gasteiger partial charge in [-0.05, 0) is 30.5 Å². The van der Waals surface area contributed by atoms with Crippen LogP contribution in [0, 0.1) is 5.92 Å². The van der Waals surface area contributed by atoms with E-state index in [1.807, 2.05) is 24.0 Å². The lowest BCUT2D eigenvalue weighted by Gasteiger charge is -2.27. The van der Waals surface area contributed by atoms with Crippen molar-refractivity contribution in [2.24, 2.45) is 11.7 Å². The topological polar surface area (TPSA) is 46.3 Å². The first kappa shape index (κ1) is 16.5. The molecule has 0 saturated carbocycles. The van der Waals surface area contributed by atoms with Gasteiger partial charge in [0.25, 0.3) is 0 Å². The largest absolute Gasteiger partial charge is 0.335 e. The van der Waals surface area contributed by atoms with Crippen molar-refractivity contribution in [2.45, 2.75) is 25.8 Å². The molecule has 2 N–H and O–H groups in total. The number of carbonyl (C=O) groups is 1. The maximum absolute atomic E-state index is 12.3. The predicted octanol–water partition coefficient (Wildman–Crippen LogP) is 3.13. The molecule has 1 saturated heterocycles. The lowest BCUT2D eigenvalue weighted by molar-refractivity contribution is -0.135. The Kier molecular flexibility index (Phi) is 6.30. The van der Waals surface area contributed by atoms with Crippen LogP contribution in [-0.4, -0.2) is 23.9 Å². The van der Waals surface area contributed by atoms with Gasteiger partial charge >= 0.3 is 0 Å². The van der Waals surface area contributed by atoms with Crippen LogP contribution in [0.4, 0.5) is 0 Å². The van der Waals surface area contributed by atoms with Crippen molar-refractivity contribution < 1.29 is 4.79 Å². The van der Waals surface area contributed by atoms with E-state index in [4.69, 9.17) is 5.73 Å². The SMILES string of the molecule is CC(CN)C(=O)N1CCCC1c1ccc(Br)cc1.Cl. The van der Waals surface area contributed by atoms with Gasteiger partial charge in [-0.25, -0.2) is 0 Å². The second kappa shape index (κ2) is 7.27. The average Bonchev–Trinajstić information content (AvgIpc) is 2.87. The molecule has 0 aliphatic carbocycles. The molecule has 0 spiro atoms. The maximum atomic E-state index is 12.3. The highest BCUT2D eigenvalue weighted by Crippen LogP contribution is 2.33. The van der Waals surface area contributed by atoms with E-state index in [1.54, 1.807) is 0 Å². The summed E-state index contributed by atoms with van der Waals surface area (Å²) >= 11 is 3.44. The Morgan fingerprint density at radius 2 is 2.11 bits per heavy atom. The molecule has 1 aliphatic heterocycles. The summed E-state index contributed by atoms with van der Waals surface area (Å²) < 4.78 is 1.07. The molecule has 2 unspecified atom stereocenters. The van der Waals surface area contributed by atoms with Gasteiger partial charge in [0, 0.05) is 23.5 Å². The van der Waals surface area contributed by atoms with Gasteiger partial charge in [-0.15, -0.1) is 12.4 Å². The fourth-order valence-corrected chi connectivity index (χ4v) is 2.71. The van der Waals surface area contributed by atoms with Crippen LogP contribution in [0.15, 0.2) is 28.7 Å². The second-order valence-electron chi connectivity index (χ2n) is 4.88. The fraction of sp³-hybridized carbons (Fsp3) is 0.500. The Morgan fingerprint density at radius 3 is 2.68 bits per heavy atom. The highest BCUT2D eigenvalue weighted by molar-refractivity contribution is 9.10. The summed E-state index contributed by atoms with van der Waals surface area (Å²) in [5.74, 6) is 0.101. The van der Waals surface area contributed by atoms with Crippen LogP contribution in [0.5, 0.6) is 0 Å². The summed E-state index contributed by atoms with van der Waals surface area (Å²) in [5.41, 5.74) is 6.81. The summed E-state index contributed by atoms with van der Waals surface area (Å²) in [7, 11) is 0. The lowest BCUT2D eigenvalue weighted by Crippen LogP contribution is -2.37. The Balaban J connectivity index is 0.00000180. The minimum absolute atomic E-state index is 0. The summed E-state index contributed by atoms with van der Waals surface area (Å²) in [6, 6.07) is 8.46. The maximum Gasteiger partial charge on any atom is 0.227 e. The predicted molar refractivity (Wildman–Crippen MR) is 83.3 cm³/mol. The number of nitrogens with zero attached hydrogens (tertiary/aromatic N) is 1. The molecule has 1 amide bonds. The van der Waals surface area contributed by atoms with Gasteiger partial charge < -0.3 is 10.6 Å². The molecule has 1 aromatic rings. The van der Waals surface area contributed by atoms with Crippen LogP contribution in [0.25, 0.3) is 0 Å². The number of hydrogen-bond acceptors (Lipinski definition) is 2. The standard InChI is InChI=1S/C14H19BrN2O.ClH/c1-10(9-16)14(18)17-8-2-3-13(17)11-4-6-12(15)7-5-11;/h4-7,10,13H,2-3,8-9,16H2,1H3;1H. The molecule has 0 radical (unpaired) electrons. The first-order valence-corrected chi connectivity index (χ1v) is 7.18. The molecule has 1 aliphatic rings. The van der Waals surface area contributed by atoms with Gasteiger partial charge in [0.1, 0.15) is 0 Å². The van der Waals surface area contributed by atoms with Gasteiger partial charge in [0.15, 0.2) is 0 Å². The number of hydrogen-bond donors (Lipinski definition) is 1. The molecule has 2 rings (SSSR count). The van der Waals surface area contributed by atoms with Gasteiger partial charge in [-0.2, -0.15) is 0 Å². The highest BCUT2D eigenvalue weighted by Gasteiger charge is 2.31. The highest BCUT2D eigenvalue weighted by atomic mass is 79.9. The van der Waals surface area contributed by atoms with E-state index in [9.17, 15) is 4.79 Å². The van der Waals surface area contributed by atoms with Crippen LogP contribution >= 0.6 is 28.3 Å². The summed E-state index contributed by atoms with van der Waals surface area (Å²) in [6.07, 6.45) is 2.12. The molecule has 1 heterocycles. The fourth-order valence-electron chi connectivity index (χ4n) is 2.45. The Morgan fingerprint density at radius 1 is 1.47 bits per heavy atom. The van der Waals surface area contributed by atoms with Crippen molar-refractivity contribution in [1.29, 1.82) is 0 Å². The molecular weight excluding hydrogens is 328 g/mol. The molecule has 19 heavy (non-hydrogen) atoms. The smallest absolute Gasteiger partial charge is 0.227 e. The van der Waals surface area contributed by atoms with Crippen LogP contribution in [0.1, 0.15) is 31.4 Å². The van der Waals surface area contributed by atoms with Gasteiger partial charge in [0.05, 0.1) is 6.04 Å². The molecule has 0 aromatic heterocycles. The van der Waals surface area contributed by atoms with E-state index in [-0.39, 0.29) is 30.3 Å². The quantitative estimate of drug-likeness (QED) is 0.913. The van der Waals surface area contributed by atoms with Crippen LogP contribution in [0.2, 0.25) is 0 Å². The van der Waals surface area contributed by atoms with Gasteiger partial charge in [-0.3, -0.25) is 4.79 Å². The molecule has 0 bridgehead atoms. The van der Waals surface area contributed by atoms with E-state index < -0.39 is 0 Å². The van der Waals surface area contributed by atoms with Crippen molar-refractivity contribution in [3.05, 3.63) is 34.3 Å². The van der Waals surface area contributed by atoms with E-state index in [2.05, 4.69) is 28.1 Å². The molecule has 5 heteroatoms. The first-order valence-electron chi connectivity index (χ1n) is 6.39. The van der Waals surface area contributed by atoms with Crippen LogP contribution in [-0.2, 0) is 4.79 Å². The molecule has 106 valence electrons. The lowest BCUT2D eigenvalue weighted by atomic mass is 10.0. The minimum Gasteiger partial charge on any atom is -0.335 e. The van der Waals surface area contributed by atoms with Crippen molar-refractivity contribution in [2.75, 3.05) is 13.1 Å². The molecular formula is C14H20BrClN2O. The second-order valence-corrected chi connectivity index (χ2v) is 5.79. The summed E-state index contributed by atoms with van der Waals surface area (Å²) in [4.78, 5) is 14.3. The number of carbonyl (C=O) groups excluding carboxylic acids is 1.